The zero-order valence-corrected chi connectivity index (χ0v) is 14.0. The highest BCUT2D eigenvalue weighted by molar-refractivity contribution is 5.97. The SMILES string of the molecule is O=C(N[C@@H]1COC[C@H]1N1CCCC1)c1ccc2nc(C(F)(F)F)[nH]c2c1. The number of likely N-dealkylation sites (tertiary alicyclic amines) is 1. The Kier molecular flexibility index (Phi) is 4.36. The average Bonchev–Trinajstić information content (AvgIpc) is 3.32. The van der Waals surface area contributed by atoms with Gasteiger partial charge < -0.3 is 15.0 Å². The van der Waals surface area contributed by atoms with Crippen molar-refractivity contribution in [3.8, 4) is 0 Å². The van der Waals surface area contributed by atoms with Crippen LogP contribution in [0, 0.1) is 0 Å². The van der Waals surface area contributed by atoms with Crippen LogP contribution < -0.4 is 5.32 Å². The van der Waals surface area contributed by atoms with E-state index in [0.717, 1.165) is 25.9 Å². The minimum Gasteiger partial charge on any atom is -0.378 e. The lowest BCUT2D eigenvalue weighted by molar-refractivity contribution is -0.144. The molecule has 1 aromatic heterocycles. The Labute approximate surface area is 147 Å². The van der Waals surface area contributed by atoms with Crippen molar-refractivity contribution in [1.29, 1.82) is 0 Å². The summed E-state index contributed by atoms with van der Waals surface area (Å²) in [5, 5.41) is 2.96. The highest BCUT2D eigenvalue weighted by atomic mass is 19.4. The number of hydrogen-bond donors (Lipinski definition) is 2. The predicted octanol–water partition coefficient (Wildman–Crippen LogP) is 2.17. The minimum absolute atomic E-state index is 0.121. The van der Waals surface area contributed by atoms with Crippen LogP contribution in [0.1, 0.15) is 29.0 Å². The molecular formula is C17H19F3N4O2. The maximum atomic E-state index is 12.8. The van der Waals surface area contributed by atoms with Crippen molar-refractivity contribution in [2.45, 2.75) is 31.1 Å². The number of amides is 1. The lowest BCUT2D eigenvalue weighted by atomic mass is 10.1. The summed E-state index contributed by atoms with van der Waals surface area (Å²) in [5.41, 5.74) is 0.652. The number of rotatable bonds is 3. The Hall–Kier alpha value is -2.13. The van der Waals surface area contributed by atoms with Gasteiger partial charge in [0.15, 0.2) is 0 Å². The van der Waals surface area contributed by atoms with Gasteiger partial charge in [-0.3, -0.25) is 9.69 Å². The second kappa shape index (κ2) is 6.55. The summed E-state index contributed by atoms with van der Waals surface area (Å²) in [6.07, 6.45) is -2.25. The molecule has 0 spiro atoms. The van der Waals surface area contributed by atoms with E-state index in [0.29, 0.717) is 18.8 Å². The van der Waals surface area contributed by atoms with E-state index in [-0.39, 0.29) is 29.0 Å². The first-order chi connectivity index (χ1) is 12.4. The van der Waals surface area contributed by atoms with Gasteiger partial charge in [0.1, 0.15) is 0 Å². The molecule has 26 heavy (non-hydrogen) atoms. The molecule has 1 amide bonds. The van der Waals surface area contributed by atoms with Crippen molar-refractivity contribution in [2.75, 3.05) is 26.3 Å². The number of fused-ring (bicyclic) bond motifs is 1. The third kappa shape index (κ3) is 3.28. The van der Waals surface area contributed by atoms with Gasteiger partial charge in [-0.2, -0.15) is 13.2 Å². The number of nitrogens with zero attached hydrogens (tertiary/aromatic N) is 2. The Bertz CT molecular complexity index is 814. The van der Waals surface area contributed by atoms with Gasteiger partial charge >= 0.3 is 6.18 Å². The monoisotopic (exact) mass is 368 g/mol. The van der Waals surface area contributed by atoms with E-state index in [1.54, 1.807) is 0 Å². The van der Waals surface area contributed by atoms with Crippen LogP contribution in [0.25, 0.3) is 11.0 Å². The summed E-state index contributed by atoms with van der Waals surface area (Å²) in [6, 6.07) is 4.32. The first-order valence-corrected chi connectivity index (χ1v) is 8.61. The van der Waals surface area contributed by atoms with Crippen molar-refractivity contribution >= 4 is 16.9 Å². The second-order valence-corrected chi connectivity index (χ2v) is 6.74. The summed E-state index contributed by atoms with van der Waals surface area (Å²) in [5.74, 6) is -1.39. The number of aromatic nitrogens is 2. The van der Waals surface area contributed by atoms with Crippen LogP contribution in [0.5, 0.6) is 0 Å². The third-order valence-electron chi connectivity index (χ3n) is 4.99. The molecule has 0 bridgehead atoms. The molecule has 140 valence electrons. The normalized spacial score (nSPS) is 24.4. The molecule has 2 N–H and O–H groups in total. The number of halogens is 3. The molecule has 3 heterocycles. The second-order valence-electron chi connectivity index (χ2n) is 6.74. The molecule has 0 aliphatic carbocycles. The Morgan fingerprint density at radius 3 is 2.77 bits per heavy atom. The van der Waals surface area contributed by atoms with E-state index in [1.807, 2.05) is 0 Å². The number of carbonyl (C=O) groups is 1. The summed E-state index contributed by atoms with van der Waals surface area (Å²) < 4.78 is 43.8. The Balaban J connectivity index is 1.50. The molecule has 2 atom stereocenters. The summed E-state index contributed by atoms with van der Waals surface area (Å²) >= 11 is 0. The molecule has 6 nitrogen and oxygen atoms in total. The predicted molar refractivity (Wildman–Crippen MR) is 87.8 cm³/mol. The van der Waals surface area contributed by atoms with Gasteiger partial charge in [-0.25, -0.2) is 4.98 Å². The fraction of sp³-hybridized carbons (Fsp3) is 0.529. The summed E-state index contributed by atoms with van der Waals surface area (Å²) in [4.78, 5) is 20.6. The number of ether oxygens (including phenoxy) is 1. The van der Waals surface area contributed by atoms with E-state index < -0.39 is 12.0 Å². The number of alkyl halides is 3. The molecule has 4 rings (SSSR count). The summed E-state index contributed by atoms with van der Waals surface area (Å²) in [7, 11) is 0. The van der Waals surface area contributed by atoms with E-state index >= 15 is 0 Å². The molecule has 2 aliphatic rings. The van der Waals surface area contributed by atoms with Crippen LogP contribution in [-0.4, -0.2) is 59.2 Å². The lowest BCUT2D eigenvalue weighted by Crippen LogP contribution is -2.50. The van der Waals surface area contributed by atoms with Gasteiger partial charge in [-0.15, -0.1) is 0 Å². The maximum absolute atomic E-state index is 12.8. The molecule has 1 aromatic carbocycles. The van der Waals surface area contributed by atoms with Crippen LogP contribution in [-0.2, 0) is 10.9 Å². The quantitative estimate of drug-likeness (QED) is 0.871. The van der Waals surface area contributed by atoms with Crippen molar-refractivity contribution in [2.24, 2.45) is 0 Å². The molecule has 9 heteroatoms. The summed E-state index contributed by atoms with van der Waals surface area (Å²) in [6.45, 7) is 3.03. The first kappa shape index (κ1) is 17.3. The number of imidazole rings is 1. The number of aromatic amines is 1. The number of hydrogen-bond acceptors (Lipinski definition) is 4. The maximum Gasteiger partial charge on any atom is 0.449 e. The molecule has 2 aromatic rings. The van der Waals surface area contributed by atoms with Crippen molar-refractivity contribution < 1.29 is 22.7 Å². The molecule has 0 saturated carbocycles. The standard InChI is InChI=1S/C17H19F3N4O2/c18-17(19,20)16-22-11-4-3-10(7-12(11)23-16)15(25)21-13-8-26-9-14(13)24-5-1-2-6-24/h3-4,7,13-14H,1-2,5-6,8-9H2,(H,21,25)(H,22,23)/t13-,14-/m1/s1. The molecular weight excluding hydrogens is 349 g/mol. The fourth-order valence-corrected chi connectivity index (χ4v) is 3.65. The van der Waals surface area contributed by atoms with Crippen LogP contribution in [0.3, 0.4) is 0 Å². The minimum atomic E-state index is -4.55. The van der Waals surface area contributed by atoms with Gasteiger partial charge in [0.25, 0.3) is 5.91 Å². The molecule has 0 radical (unpaired) electrons. The fourth-order valence-electron chi connectivity index (χ4n) is 3.65. The van der Waals surface area contributed by atoms with Crippen LogP contribution >= 0.6 is 0 Å². The van der Waals surface area contributed by atoms with Gasteiger partial charge in [0, 0.05) is 5.56 Å². The smallest absolute Gasteiger partial charge is 0.378 e. The zero-order chi connectivity index (χ0) is 18.3. The van der Waals surface area contributed by atoms with Gasteiger partial charge in [0.2, 0.25) is 5.82 Å². The van der Waals surface area contributed by atoms with Gasteiger partial charge in [-0.05, 0) is 44.1 Å². The van der Waals surface area contributed by atoms with E-state index in [1.165, 1.54) is 18.2 Å². The molecule has 2 fully saturated rings. The van der Waals surface area contributed by atoms with Crippen LogP contribution in [0.2, 0.25) is 0 Å². The molecule has 2 aliphatic heterocycles. The van der Waals surface area contributed by atoms with Crippen LogP contribution in [0.4, 0.5) is 13.2 Å². The largest absolute Gasteiger partial charge is 0.449 e. The topological polar surface area (TPSA) is 70.2 Å². The first-order valence-electron chi connectivity index (χ1n) is 8.61. The van der Waals surface area contributed by atoms with Gasteiger partial charge in [-0.1, -0.05) is 0 Å². The number of carbonyl (C=O) groups excluding carboxylic acids is 1. The molecule has 2 saturated heterocycles. The third-order valence-corrected chi connectivity index (χ3v) is 4.99. The van der Waals surface area contributed by atoms with Crippen molar-refractivity contribution in [3.63, 3.8) is 0 Å². The Morgan fingerprint density at radius 1 is 1.27 bits per heavy atom. The van der Waals surface area contributed by atoms with Crippen molar-refractivity contribution in [1.82, 2.24) is 20.2 Å². The number of benzene rings is 1. The zero-order valence-electron chi connectivity index (χ0n) is 14.0. The lowest BCUT2D eigenvalue weighted by Gasteiger charge is -2.27. The highest BCUT2D eigenvalue weighted by Crippen LogP contribution is 2.28. The van der Waals surface area contributed by atoms with E-state index in [9.17, 15) is 18.0 Å². The van der Waals surface area contributed by atoms with E-state index in [2.05, 4.69) is 20.2 Å². The molecule has 0 unspecified atom stereocenters. The van der Waals surface area contributed by atoms with Gasteiger partial charge in [0.05, 0.1) is 36.3 Å². The number of nitrogens with one attached hydrogen (secondary N) is 2. The number of H-pyrrole nitrogens is 1. The van der Waals surface area contributed by atoms with E-state index in [4.69, 9.17) is 4.74 Å². The van der Waals surface area contributed by atoms with Crippen LogP contribution in [0.15, 0.2) is 18.2 Å². The van der Waals surface area contributed by atoms with Crippen molar-refractivity contribution in [3.05, 3.63) is 29.6 Å². The average molecular weight is 368 g/mol. The highest BCUT2D eigenvalue weighted by Gasteiger charge is 2.36. The Morgan fingerprint density at radius 2 is 2.04 bits per heavy atom.